The first-order valence-electron chi connectivity index (χ1n) is 7.25. The molecule has 0 aliphatic carbocycles. The molecule has 0 aromatic carbocycles. The van der Waals surface area contributed by atoms with Crippen molar-refractivity contribution in [2.75, 3.05) is 36.8 Å². The first-order valence-corrected chi connectivity index (χ1v) is 8.80. The zero-order chi connectivity index (χ0) is 16.3. The highest BCUT2D eigenvalue weighted by Gasteiger charge is 2.30. The maximum Gasteiger partial charge on any atom is 0.245 e. The van der Waals surface area contributed by atoms with E-state index in [1.54, 1.807) is 6.07 Å². The van der Waals surface area contributed by atoms with Crippen LogP contribution in [0.25, 0.3) is 0 Å². The van der Waals surface area contributed by atoms with Gasteiger partial charge in [0.2, 0.25) is 15.9 Å². The van der Waals surface area contributed by atoms with Crippen molar-refractivity contribution < 1.29 is 13.2 Å². The van der Waals surface area contributed by atoms with Crippen LogP contribution >= 0.6 is 0 Å². The summed E-state index contributed by atoms with van der Waals surface area (Å²) in [4.78, 5) is 19.4. The standard InChI is InChI=1S/C14H22N4O3S/c1-11(14(19)17(2)3)22(20,21)16-13-12(7-6-8-15-13)18-9-4-5-10-18/h6-8,11H,4-5,9-10H2,1-3H3,(H,15,16). The molecule has 1 aromatic heterocycles. The number of carbonyl (C=O) groups excluding carboxylic acids is 1. The highest BCUT2D eigenvalue weighted by atomic mass is 32.2. The second kappa shape index (κ2) is 6.51. The third-order valence-electron chi connectivity index (χ3n) is 3.73. The summed E-state index contributed by atoms with van der Waals surface area (Å²) in [5.41, 5.74) is 0.757. The predicted octanol–water partition coefficient (Wildman–Crippen LogP) is 0.900. The Labute approximate surface area is 131 Å². The van der Waals surface area contributed by atoms with Crippen LogP contribution in [0.15, 0.2) is 18.3 Å². The van der Waals surface area contributed by atoms with Gasteiger partial charge < -0.3 is 9.80 Å². The van der Waals surface area contributed by atoms with Gasteiger partial charge in [-0.25, -0.2) is 13.4 Å². The maximum absolute atomic E-state index is 12.4. The predicted molar refractivity (Wildman–Crippen MR) is 86.4 cm³/mol. The summed E-state index contributed by atoms with van der Waals surface area (Å²) < 4.78 is 27.3. The molecule has 7 nitrogen and oxygen atoms in total. The summed E-state index contributed by atoms with van der Waals surface area (Å²) in [6.07, 6.45) is 3.70. The average molecular weight is 326 g/mol. The fraction of sp³-hybridized carbons (Fsp3) is 0.571. The second-order valence-electron chi connectivity index (χ2n) is 5.59. The molecule has 1 amide bonds. The molecule has 1 unspecified atom stereocenters. The Hall–Kier alpha value is -1.83. The van der Waals surface area contributed by atoms with Crippen LogP contribution in [0.3, 0.4) is 0 Å². The SMILES string of the molecule is CC(C(=O)N(C)C)S(=O)(=O)Nc1ncccc1N1CCCC1. The molecule has 0 radical (unpaired) electrons. The molecule has 1 N–H and O–H groups in total. The van der Waals surface area contributed by atoms with E-state index >= 15 is 0 Å². The first kappa shape index (κ1) is 16.5. The monoisotopic (exact) mass is 326 g/mol. The van der Waals surface area contributed by atoms with Gasteiger partial charge in [-0.2, -0.15) is 0 Å². The zero-order valence-electron chi connectivity index (χ0n) is 13.1. The molecule has 1 fully saturated rings. The number of hydrogen-bond acceptors (Lipinski definition) is 5. The topological polar surface area (TPSA) is 82.6 Å². The Morgan fingerprint density at radius 1 is 1.36 bits per heavy atom. The number of anilines is 2. The van der Waals surface area contributed by atoms with Gasteiger partial charge in [-0.05, 0) is 31.9 Å². The summed E-state index contributed by atoms with van der Waals surface area (Å²) in [6.45, 7) is 3.14. The van der Waals surface area contributed by atoms with E-state index in [4.69, 9.17) is 0 Å². The lowest BCUT2D eigenvalue weighted by Gasteiger charge is -2.22. The number of pyridine rings is 1. The molecular weight excluding hydrogens is 304 g/mol. The van der Waals surface area contributed by atoms with Gasteiger partial charge in [0.1, 0.15) is 0 Å². The Morgan fingerprint density at radius 3 is 2.59 bits per heavy atom. The van der Waals surface area contributed by atoms with E-state index in [0.717, 1.165) is 31.6 Å². The molecule has 22 heavy (non-hydrogen) atoms. The third-order valence-corrected chi connectivity index (χ3v) is 5.34. The third kappa shape index (κ3) is 3.49. The van der Waals surface area contributed by atoms with Gasteiger partial charge >= 0.3 is 0 Å². The van der Waals surface area contributed by atoms with Crippen LogP contribution in [0, 0.1) is 0 Å². The normalized spacial score (nSPS) is 16.4. The number of carbonyl (C=O) groups is 1. The lowest BCUT2D eigenvalue weighted by molar-refractivity contribution is -0.127. The van der Waals surface area contributed by atoms with Crippen molar-refractivity contribution in [1.82, 2.24) is 9.88 Å². The quantitative estimate of drug-likeness (QED) is 0.869. The summed E-state index contributed by atoms with van der Waals surface area (Å²) in [7, 11) is -0.775. The van der Waals surface area contributed by atoms with Gasteiger partial charge in [0, 0.05) is 33.4 Å². The molecule has 2 heterocycles. The number of rotatable bonds is 5. The van der Waals surface area contributed by atoms with Crippen LogP contribution in [0.4, 0.5) is 11.5 Å². The zero-order valence-corrected chi connectivity index (χ0v) is 13.9. The smallest absolute Gasteiger partial charge is 0.245 e. The minimum Gasteiger partial charge on any atom is -0.369 e. The average Bonchev–Trinajstić information content (AvgIpc) is 2.99. The minimum absolute atomic E-state index is 0.280. The largest absolute Gasteiger partial charge is 0.369 e. The van der Waals surface area contributed by atoms with E-state index in [1.165, 1.54) is 32.1 Å². The summed E-state index contributed by atoms with van der Waals surface area (Å²) in [5.74, 6) is -0.186. The fourth-order valence-electron chi connectivity index (χ4n) is 2.41. The highest BCUT2D eigenvalue weighted by molar-refractivity contribution is 7.94. The molecule has 0 saturated carbocycles. The molecular formula is C14H22N4O3S. The van der Waals surface area contributed by atoms with Gasteiger partial charge in [0.15, 0.2) is 11.1 Å². The van der Waals surface area contributed by atoms with E-state index in [-0.39, 0.29) is 5.82 Å². The van der Waals surface area contributed by atoms with E-state index in [0.29, 0.717) is 0 Å². The number of sulfonamides is 1. The van der Waals surface area contributed by atoms with Crippen molar-refractivity contribution in [2.45, 2.75) is 25.0 Å². The van der Waals surface area contributed by atoms with E-state index < -0.39 is 21.2 Å². The van der Waals surface area contributed by atoms with Gasteiger partial charge in [0.05, 0.1) is 5.69 Å². The minimum atomic E-state index is -3.84. The van der Waals surface area contributed by atoms with Crippen LogP contribution in [-0.2, 0) is 14.8 Å². The van der Waals surface area contributed by atoms with Crippen LogP contribution in [0.2, 0.25) is 0 Å². The molecule has 0 bridgehead atoms. The molecule has 122 valence electrons. The Balaban J connectivity index is 2.24. The van der Waals surface area contributed by atoms with Gasteiger partial charge in [-0.1, -0.05) is 0 Å². The molecule has 1 atom stereocenters. The molecule has 1 saturated heterocycles. The first-order chi connectivity index (χ1) is 10.3. The van der Waals surface area contributed by atoms with Crippen molar-refractivity contribution in [2.24, 2.45) is 0 Å². The van der Waals surface area contributed by atoms with Crippen LogP contribution in [0.1, 0.15) is 19.8 Å². The van der Waals surface area contributed by atoms with Crippen LogP contribution in [-0.4, -0.2) is 56.6 Å². The van der Waals surface area contributed by atoms with Crippen molar-refractivity contribution in [3.8, 4) is 0 Å². The fourth-order valence-corrected chi connectivity index (χ4v) is 3.49. The van der Waals surface area contributed by atoms with Crippen LogP contribution < -0.4 is 9.62 Å². The summed E-state index contributed by atoms with van der Waals surface area (Å²) in [5, 5.41) is -1.17. The Bertz CT molecular complexity index is 639. The Kier molecular flexibility index (Phi) is 4.90. The van der Waals surface area contributed by atoms with Crippen molar-refractivity contribution in [3.63, 3.8) is 0 Å². The van der Waals surface area contributed by atoms with Gasteiger partial charge in [-0.3, -0.25) is 9.52 Å². The molecule has 0 spiro atoms. The molecule has 1 aromatic rings. The lowest BCUT2D eigenvalue weighted by Crippen LogP contribution is -2.40. The lowest BCUT2D eigenvalue weighted by atomic mass is 10.3. The number of nitrogens with zero attached hydrogens (tertiary/aromatic N) is 3. The van der Waals surface area contributed by atoms with Gasteiger partial charge in [0.25, 0.3) is 0 Å². The summed E-state index contributed by atoms with van der Waals surface area (Å²) >= 11 is 0. The van der Waals surface area contributed by atoms with E-state index in [2.05, 4.69) is 14.6 Å². The second-order valence-corrected chi connectivity index (χ2v) is 7.59. The molecule has 1 aliphatic rings. The van der Waals surface area contributed by atoms with Crippen LogP contribution in [0.5, 0.6) is 0 Å². The maximum atomic E-state index is 12.4. The number of hydrogen-bond donors (Lipinski definition) is 1. The molecule has 2 rings (SSSR count). The number of nitrogens with one attached hydrogen (secondary N) is 1. The number of aromatic nitrogens is 1. The van der Waals surface area contributed by atoms with Gasteiger partial charge in [-0.15, -0.1) is 0 Å². The van der Waals surface area contributed by atoms with E-state index in [1.807, 2.05) is 6.07 Å². The molecule has 1 aliphatic heterocycles. The molecule has 8 heteroatoms. The van der Waals surface area contributed by atoms with Crippen molar-refractivity contribution in [1.29, 1.82) is 0 Å². The van der Waals surface area contributed by atoms with Crippen molar-refractivity contribution in [3.05, 3.63) is 18.3 Å². The highest BCUT2D eigenvalue weighted by Crippen LogP contribution is 2.27. The summed E-state index contributed by atoms with van der Waals surface area (Å²) in [6, 6.07) is 3.62. The number of amides is 1. The Morgan fingerprint density at radius 2 is 2.00 bits per heavy atom. The van der Waals surface area contributed by atoms with Crippen molar-refractivity contribution >= 4 is 27.4 Å². The van der Waals surface area contributed by atoms with E-state index in [9.17, 15) is 13.2 Å².